The summed E-state index contributed by atoms with van der Waals surface area (Å²) in [7, 11) is 0. The van der Waals surface area contributed by atoms with E-state index in [0.717, 1.165) is 11.7 Å². The molecule has 5 nitrogen and oxygen atoms in total. The number of carbonyl (C=O) groups is 1. The molecule has 1 saturated heterocycles. The number of nitrogens with zero attached hydrogens (tertiary/aromatic N) is 3. The molecule has 0 radical (unpaired) electrons. The highest BCUT2D eigenvalue weighted by Crippen LogP contribution is 2.21. The Hall–Kier alpha value is -1.01. The van der Waals surface area contributed by atoms with Crippen molar-refractivity contribution in [2.45, 2.75) is 32.5 Å². The van der Waals surface area contributed by atoms with Crippen molar-refractivity contribution >= 4 is 17.6 Å². The smallest absolute Gasteiger partial charge is 0.275 e. The molecule has 0 spiro atoms. The fourth-order valence-corrected chi connectivity index (χ4v) is 2.44. The molecule has 1 amide bonds. The number of aromatic nitrogens is 2. The van der Waals surface area contributed by atoms with E-state index in [9.17, 15) is 4.79 Å². The largest absolute Gasteiger partial charge is 0.369 e. The molecule has 0 N–H and O–H groups in total. The first kappa shape index (κ1) is 11.5. The molecule has 2 heterocycles. The van der Waals surface area contributed by atoms with Gasteiger partial charge in [-0.05, 0) is 20.8 Å². The summed E-state index contributed by atoms with van der Waals surface area (Å²) in [6, 6.07) is 0. The van der Waals surface area contributed by atoms with E-state index in [4.69, 9.17) is 4.74 Å². The zero-order valence-corrected chi connectivity index (χ0v) is 10.5. The summed E-state index contributed by atoms with van der Waals surface area (Å²) in [6.07, 6.45) is 1.57. The van der Waals surface area contributed by atoms with Gasteiger partial charge in [-0.25, -0.2) is 0 Å². The lowest BCUT2D eigenvalue weighted by Crippen LogP contribution is -2.53. The lowest BCUT2D eigenvalue weighted by atomic mass is 10.1. The van der Waals surface area contributed by atoms with Gasteiger partial charge < -0.3 is 9.64 Å². The van der Waals surface area contributed by atoms with Gasteiger partial charge in [-0.1, -0.05) is 0 Å². The predicted molar refractivity (Wildman–Crippen MR) is 60.4 cm³/mol. The van der Waals surface area contributed by atoms with Crippen LogP contribution in [0, 0.1) is 0 Å². The molecule has 1 aromatic rings. The third kappa shape index (κ3) is 2.38. The predicted octanol–water partition coefficient (Wildman–Crippen LogP) is 1.18. The van der Waals surface area contributed by atoms with Gasteiger partial charge in [0, 0.05) is 13.1 Å². The van der Waals surface area contributed by atoms with Crippen LogP contribution >= 0.6 is 11.7 Å². The van der Waals surface area contributed by atoms with Crippen molar-refractivity contribution < 1.29 is 9.53 Å². The van der Waals surface area contributed by atoms with Crippen LogP contribution in [0.3, 0.4) is 0 Å². The van der Waals surface area contributed by atoms with Gasteiger partial charge in [-0.15, -0.1) is 0 Å². The first-order valence-electron chi connectivity index (χ1n) is 5.22. The number of hydrogen-bond acceptors (Lipinski definition) is 5. The standard InChI is InChI=1S/C10H15N3O2S/c1-7-5-13(6-10(2,3)15-7)9(14)8-4-11-16-12-8/h4,7H,5-6H2,1-3H3/t7-/m0/s1. The summed E-state index contributed by atoms with van der Waals surface area (Å²) < 4.78 is 13.6. The second kappa shape index (κ2) is 4.10. The molecule has 0 unspecified atom stereocenters. The minimum Gasteiger partial charge on any atom is -0.369 e. The van der Waals surface area contributed by atoms with E-state index in [-0.39, 0.29) is 17.6 Å². The number of hydrogen-bond donors (Lipinski definition) is 0. The van der Waals surface area contributed by atoms with Gasteiger partial charge in [-0.2, -0.15) is 8.75 Å². The van der Waals surface area contributed by atoms with Crippen LogP contribution in [0.2, 0.25) is 0 Å². The molecule has 0 aliphatic carbocycles. The van der Waals surface area contributed by atoms with Crippen LogP contribution in [0.5, 0.6) is 0 Å². The SMILES string of the molecule is C[C@H]1CN(C(=O)c2cnsn2)CC(C)(C)O1. The van der Waals surface area contributed by atoms with Crippen molar-refractivity contribution in [1.82, 2.24) is 13.6 Å². The normalized spacial score (nSPS) is 24.4. The lowest BCUT2D eigenvalue weighted by molar-refractivity contribution is -0.118. The molecular weight excluding hydrogens is 226 g/mol. The minimum atomic E-state index is -0.295. The van der Waals surface area contributed by atoms with Crippen molar-refractivity contribution in [2.24, 2.45) is 0 Å². The molecule has 88 valence electrons. The number of carbonyl (C=O) groups excluding carboxylic acids is 1. The molecule has 16 heavy (non-hydrogen) atoms. The van der Waals surface area contributed by atoms with Crippen LogP contribution in [-0.4, -0.2) is 44.3 Å². The quantitative estimate of drug-likeness (QED) is 0.741. The number of amides is 1. The Labute approximate surface area is 98.7 Å². The zero-order valence-electron chi connectivity index (χ0n) is 9.64. The monoisotopic (exact) mass is 241 g/mol. The van der Waals surface area contributed by atoms with Crippen LogP contribution in [0.15, 0.2) is 6.20 Å². The first-order valence-corrected chi connectivity index (χ1v) is 5.96. The molecule has 2 rings (SSSR count). The van der Waals surface area contributed by atoms with Crippen LogP contribution in [0.1, 0.15) is 31.3 Å². The Kier molecular flexibility index (Phi) is 2.94. The molecule has 1 aromatic heterocycles. The molecule has 1 aliphatic heterocycles. The molecule has 0 saturated carbocycles. The average Bonchev–Trinajstić information content (AvgIpc) is 2.65. The molecular formula is C10H15N3O2S. The van der Waals surface area contributed by atoms with Gasteiger partial charge in [0.2, 0.25) is 0 Å². The maximum absolute atomic E-state index is 12.1. The Morgan fingerprint density at radius 3 is 3.00 bits per heavy atom. The van der Waals surface area contributed by atoms with Gasteiger partial charge in [0.1, 0.15) is 0 Å². The Balaban J connectivity index is 2.12. The molecule has 1 fully saturated rings. The van der Waals surface area contributed by atoms with E-state index in [1.165, 1.54) is 6.20 Å². The summed E-state index contributed by atoms with van der Waals surface area (Å²) in [5, 5.41) is 0. The Bertz CT molecular complexity index is 377. The maximum atomic E-state index is 12.1. The summed E-state index contributed by atoms with van der Waals surface area (Å²) in [4.78, 5) is 13.9. The van der Waals surface area contributed by atoms with E-state index in [1.807, 2.05) is 20.8 Å². The van der Waals surface area contributed by atoms with Gasteiger partial charge >= 0.3 is 0 Å². The van der Waals surface area contributed by atoms with Crippen molar-refractivity contribution in [1.29, 1.82) is 0 Å². The van der Waals surface area contributed by atoms with Crippen molar-refractivity contribution in [3.63, 3.8) is 0 Å². The highest BCUT2D eigenvalue weighted by molar-refractivity contribution is 6.99. The summed E-state index contributed by atoms with van der Waals surface area (Å²) >= 11 is 1.05. The van der Waals surface area contributed by atoms with E-state index in [1.54, 1.807) is 4.90 Å². The van der Waals surface area contributed by atoms with Crippen LogP contribution in [0.4, 0.5) is 0 Å². The summed E-state index contributed by atoms with van der Waals surface area (Å²) in [5.74, 6) is -0.0584. The van der Waals surface area contributed by atoms with E-state index < -0.39 is 0 Å². The van der Waals surface area contributed by atoms with Crippen molar-refractivity contribution in [2.75, 3.05) is 13.1 Å². The highest BCUT2D eigenvalue weighted by Gasteiger charge is 2.34. The van der Waals surface area contributed by atoms with Gasteiger partial charge in [0.15, 0.2) is 5.69 Å². The van der Waals surface area contributed by atoms with Crippen molar-refractivity contribution in [3.8, 4) is 0 Å². The lowest BCUT2D eigenvalue weighted by Gasteiger charge is -2.41. The van der Waals surface area contributed by atoms with E-state index in [2.05, 4.69) is 8.75 Å². The average molecular weight is 241 g/mol. The van der Waals surface area contributed by atoms with Gasteiger partial charge in [0.05, 0.1) is 29.6 Å². The highest BCUT2D eigenvalue weighted by atomic mass is 32.1. The molecule has 1 atom stereocenters. The topological polar surface area (TPSA) is 55.3 Å². The fraction of sp³-hybridized carbons (Fsp3) is 0.700. The minimum absolute atomic E-state index is 0.0549. The van der Waals surface area contributed by atoms with Gasteiger partial charge in [-0.3, -0.25) is 4.79 Å². The summed E-state index contributed by atoms with van der Waals surface area (Å²) in [5.41, 5.74) is 0.131. The second-order valence-corrected chi connectivity index (χ2v) is 5.22. The number of rotatable bonds is 1. The van der Waals surface area contributed by atoms with Crippen LogP contribution < -0.4 is 0 Å². The Morgan fingerprint density at radius 1 is 1.69 bits per heavy atom. The van der Waals surface area contributed by atoms with Gasteiger partial charge in [0.25, 0.3) is 5.91 Å². The van der Waals surface area contributed by atoms with Crippen molar-refractivity contribution in [3.05, 3.63) is 11.9 Å². The molecule has 6 heteroatoms. The fourth-order valence-electron chi connectivity index (χ4n) is 2.03. The maximum Gasteiger partial charge on any atom is 0.275 e. The summed E-state index contributed by atoms with van der Waals surface area (Å²) in [6.45, 7) is 7.15. The van der Waals surface area contributed by atoms with E-state index in [0.29, 0.717) is 18.8 Å². The van der Waals surface area contributed by atoms with E-state index >= 15 is 0 Å². The third-order valence-corrected chi connectivity index (χ3v) is 2.92. The molecule has 0 aromatic carbocycles. The zero-order chi connectivity index (χ0) is 11.8. The number of morpholine rings is 1. The number of ether oxygens (including phenoxy) is 1. The van der Waals surface area contributed by atoms with Crippen LogP contribution in [0.25, 0.3) is 0 Å². The molecule has 1 aliphatic rings. The van der Waals surface area contributed by atoms with Crippen LogP contribution in [-0.2, 0) is 4.74 Å². The second-order valence-electron chi connectivity index (χ2n) is 4.67. The first-order chi connectivity index (χ1) is 7.48. The third-order valence-electron chi connectivity index (χ3n) is 2.44. The Morgan fingerprint density at radius 2 is 2.44 bits per heavy atom. The molecule has 0 bridgehead atoms.